The fourth-order valence-electron chi connectivity index (χ4n) is 3.17. The van der Waals surface area contributed by atoms with Gasteiger partial charge in [0.25, 0.3) is 0 Å². The highest BCUT2D eigenvalue weighted by atomic mass is 16.2. The standard InChI is InChI=1S/C21H23N3O2/c1-15-14-22-10-9-19(15)23-11-12-24-21(26)13-18-17(7-8-20(18)25)16-5-3-2-4-6-16/h2-6,9-10,14H,7-8,11-13H2,1H3,(H,22,23)(H,24,26). The third kappa shape index (κ3) is 4.36. The van der Waals surface area contributed by atoms with Crippen LogP contribution in [-0.4, -0.2) is 29.8 Å². The van der Waals surface area contributed by atoms with E-state index in [4.69, 9.17) is 0 Å². The molecule has 134 valence electrons. The van der Waals surface area contributed by atoms with E-state index in [1.807, 2.05) is 43.3 Å². The number of rotatable bonds is 7. The number of allylic oxidation sites excluding steroid dienone is 1. The van der Waals surface area contributed by atoms with Gasteiger partial charge in [0.05, 0.1) is 6.42 Å². The van der Waals surface area contributed by atoms with Crippen molar-refractivity contribution in [1.29, 1.82) is 0 Å². The van der Waals surface area contributed by atoms with Gasteiger partial charge in [0.15, 0.2) is 5.78 Å². The summed E-state index contributed by atoms with van der Waals surface area (Å²) in [6.07, 6.45) is 4.89. The van der Waals surface area contributed by atoms with Crippen molar-refractivity contribution in [3.63, 3.8) is 0 Å². The molecule has 0 spiro atoms. The summed E-state index contributed by atoms with van der Waals surface area (Å²) < 4.78 is 0. The average molecular weight is 349 g/mol. The molecule has 1 aliphatic carbocycles. The van der Waals surface area contributed by atoms with E-state index >= 15 is 0 Å². The molecule has 0 aliphatic heterocycles. The van der Waals surface area contributed by atoms with E-state index in [-0.39, 0.29) is 18.1 Å². The van der Waals surface area contributed by atoms with Crippen molar-refractivity contribution >= 4 is 23.0 Å². The van der Waals surface area contributed by atoms with Crippen LogP contribution in [0.15, 0.2) is 54.4 Å². The lowest BCUT2D eigenvalue weighted by molar-refractivity contribution is -0.122. The number of carbonyl (C=O) groups is 2. The Kier molecular flexibility index (Phi) is 5.79. The smallest absolute Gasteiger partial charge is 0.224 e. The summed E-state index contributed by atoms with van der Waals surface area (Å²) in [5.41, 5.74) is 4.78. The normalized spacial score (nSPS) is 13.8. The lowest BCUT2D eigenvalue weighted by Crippen LogP contribution is -2.29. The number of anilines is 1. The third-order valence-electron chi connectivity index (χ3n) is 4.55. The average Bonchev–Trinajstić information content (AvgIpc) is 3.01. The number of hydrogen-bond acceptors (Lipinski definition) is 4. The Labute approximate surface area is 153 Å². The van der Waals surface area contributed by atoms with Gasteiger partial charge in [-0.05, 0) is 36.1 Å². The predicted octanol–water partition coefficient (Wildman–Crippen LogP) is 3.12. The lowest BCUT2D eigenvalue weighted by Gasteiger charge is -2.11. The number of ketones is 1. The van der Waals surface area contributed by atoms with Crippen LogP contribution in [0.4, 0.5) is 5.69 Å². The van der Waals surface area contributed by atoms with Crippen molar-refractivity contribution in [3.05, 3.63) is 65.5 Å². The highest BCUT2D eigenvalue weighted by molar-refractivity contribution is 6.10. The van der Waals surface area contributed by atoms with Crippen LogP contribution in [0.1, 0.15) is 30.4 Å². The molecule has 0 fully saturated rings. The molecule has 5 heteroatoms. The Balaban J connectivity index is 1.54. The number of carbonyl (C=O) groups excluding carboxylic acids is 2. The summed E-state index contributed by atoms with van der Waals surface area (Å²) in [6.45, 7) is 3.11. The number of aryl methyl sites for hydroxylation is 1. The number of aromatic nitrogens is 1. The number of hydrogen-bond donors (Lipinski definition) is 2. The van der Waals surface area contributed by atoms with Gasteiger partial charge in [-0.3, -0.25) is 14.6 Å². The summed E-state index contributed by atoms with van der Waals surface area (Å²) >= 11 is 0. The highest BCUT2D eigenvalue weighted by Crippen LogP contribution is 2.33. The molecule has 26 heavy (non-hydrogen) atoms. The van der Waals surface area contributed by atoms with Crippen LogP contribution in [0, 0.1) is 6.92 Å². The second kappa shape index (κ2) is 8.43. The fourth-order valence-corrected chi connectivity index (χ4v) is 3.17. The first-order chi connectivity index (χ1) is 12.6. The molecule has 0 saturated heterocycles. The molecule has 0 saturated carbocycles. The van der Waals surface area contributed by atoms with Crippen molar-refractivity contribution < 1.29 is 9.59 Å². The first kappa shape index (κ1) is 17.9. The molecule has 1 heterocycles. The zero-order chi connectivity index (χ0) is 18.4. The molecule has 0 radical (unpaired) electrons. The maximum Gasteiger partial charge on any atom is 0.224 e. The number of nitrogens with zero attached hydrogens (tertiary/aromatic N) is 1. The molecule has 0 bridgehead atoms. The molecular weight excluding hydrogens is 326 g/mol. The van der Waals surface area contributed by atoms with Gasteiger partial charge in [0.2, 0.25) is 5.91 Å². The lowest BCUT2D eigenvalue weighted by atomic mass is 10.00. The van der Waals surface area contributed by atoms with Crippen molar-refractivity contribution in [2.45, 2.75) is 26.2 Å². The first-order valence-electron chi connectivity index (χ1n) is 8.87. The van der Waals surface area contributed by atoms with Crippen molar-refractivity contribution in [3.8, 4) is 0 Å². The second-order valence-electron chi connectivity index (χ2n) is 6.39. The van der Waals surface area contributed by atoms with Crippen LogP contribution >= 0.6 is 0 Å². The van der Waals surface area contributed by atoms with Crippen molar-refractivity contribution in [2.75, 3.05) is 18.4 Å². The van der Waals surface area contributed by atoms with Crippen LogP contribution in [0.3, 0.4) is 0 Å². The number of amides is 1. The molecule has 1 aliphatic rings. The quantitative estimate of drug-likeness (QED) is 0.754. The molecule has 2 aromatic rings. The summed E-state index contributed by atoms with van der Waals surface area (Å²) in [4.78, 5) is 28.5. The number of nitrogens with one attached hydrogen (secondary N) is 2. The number of pyridine rings is 1. The molecule has 0 atom stereocenters. The predicted molar refractivity (Wildman–Crippen MR) is 103 cm³/mol. The van der Waals surface area contributed by atoms with Gasteiger partial charge < -0.3 is 10.6 Å². The maximum atomic E-state index is 12.3. The monoisotopic (exact) mass is 349 g/mol. The van der Waals surface area contributed by atoms with Gasteiger partial charge in [-0.1, -0.05) is 30.3 Å². The molecule has 1 amide bonds. The van der Waals surface area contributed by atoms with E-state index in [0.29, 0.717) is 31.5 Å². The van der Waals surface area contributed by atoms with Gasteiger partial charge >= 0.3 is 0 Å². The Hall–Kier alpha value is -2.95. The zero-order valence-electron chi connectivity index (χ0n) is 14.9. The Morgan fingerprint density at radius 2 is 1.92 bits per heavy atom. The minimum Gasteiger partial charge on any atom is -0.383 e. The van der Waals surface area contributed by atoms with Crippen LogP contribution in [-0.2, 0) is 9.59 Å². The number of Topliss-reactive ketones (excluding diaryl/α,β-unsaturated/α-hetero) is 1. The van der Waals surface area contributed by atoms with E-state index in [0.717, 1.165) is 22.4 Å². The first-order valence-corrected chi connectivity index (χ1v) is 8.87. The molecule has 5 nitrogen and oxygen atoms in total. The maximum absolute atomic E-state index is 12.3. The van der Waals surface area contributed by atoms with Gasteiger partial charge in [0, 0.05) is 43.2 Å². The van der Waals surface area contributed by atoms with Crippen LogP contribution in [0.25, 0.3) is 5.57 Å². The Morgan fingerprint density at radius 3 is 2.69 bits per heavy atom. The summed E-state index contributed by atoms with van der Waals surface area (Å²) in [5.74, 6) is -0.0264. The highest BCUT2D eigenvalue weighted by Gasteiger charge is 2.25. The zero-order valence-corrected chi connectivity index (χ0v) is 14.9. The van der Waals surface area contributed by atoms with Crippen LogP contribution in [0.5, 0.6) is 0 Å². The van der Waals surface area contributed by atoms with E-state index < -0.39 is 0 Å². The van der Waals surface area contributed by atoms with Gasteiger partial charge in [-0.2, -0.15) is 0 Å². The van der Waals surface area contributed by atoms with Gasteiger partial charge in [-0.25, -0.2) is 0 Å². The van der Waals surface area contributed by atoms with E-state index in [1.54, 1.807) is 12.4 Å². The second-order valence-corrected chi connectivity index (χ2v) is 6.39. The topological polar surface area (TPSA) is 71.1 Å². The number of benzene rings is 1. The summed E-state index contributed by atoms with van der Waals surface area (Å²) in [6, 6.07) is 11.8. The van der Waals surface area contributed by atoms with E-state index in [9.17, 15) is 9.59 Å². The molecule has 3 rings (SSSR count). The third-order valence-corrected chi connectivity index (χ3v) is 4.55. The Bertz CT molecular complexity index is 828. The molecule has 2 N–H and O–H groups in total. The SMILES string of the molecule is Cc1cnccc1NCCNC(=O)CC1=C(c2ccccc2)CCC1=O. The van der Waals surface area contributed by atoms with E-state index in [1.165, 1.54) is 0 Å². The summed E-state index contributed by atoms with van der Waals surface area (Å²) in [7, 11) is 0. The Morgan fingerprint density at radius 1 is 1.12 bits per heavy atom. The van der Waals surface area contributed by atoms with Crippen molar-refractivity contribution in [2.24, 2.45) is 0 Å². The van der Waals surface area contributed by atoms with Crippen molar-refractivity contribution in [1.82, 2.24) is 10.3 Å². The van der Waals surface area contributed by atoms with Crippen LogP contribution < -0.4 is 10.6 Å². The molecule has 0 unspecified atom stereocenters. The molecular formula is C21H23N3O2. The van der Waals surface area contributed by atoms with Gasteiger partial charge in [-0.15, -0.1) is 0 Å². The van der Waals surface area contributed by atoms with Crippen LogP contribution in [0.2, 0.25) is 0 Å². The minimum absolute atomic E-state index is 0.0875. The van der Waals surface area contributed by atoms with Gasteiger partial charge in [0.1, 0.15) is 0 Å². The largest absolute Gasteiger partial charge is 0.383 e. The molecule has 1 aromatic carbocycles. The summed E-state index contributed by atoms with van der Waals surface area (Å²) in [5, 5.41) is 6.16. The van der Waals surface area contributed by atoms with E-state index in [2.05, 4.69) is 15.6 Å². The fraction of sp³-hybridized carbons (Fsp3) is 0.286. The minimum atomic E-state index is -0.114. The molecule has 1 aromatic heterocycles.